The lowest BCUT2D eigenvalue weighted by Gasteiger charge is -2.39. The van der Waals surface area contributed by atoms with Crippen LogP contribution in [-0.2, 0) is 6.54 Å². The predicted octanol–water partition coefficient (Wildman–Crippen LogP) is 8.09. The fraction of sp³-hybridized carbons (Fsp3) is 0.482. The summed E-state index contributed by atoms with van der Waals surface area (Å²) in [4.78, 5) is 62.5. The highest BCUT2D eigenvalue weighted by atomic mass is 19.1. The van der Waals surface area contributed by atoms with Gasteiger partial charge in [0.1, 0.15) is 22.7 Å². The van der Waals surface area contributed by atoms with E-state index in [-0.39, 0.29) is 53.9 Å². The molecule has 4 aliphatic heterocycles. The fourth-order valence-electron chi connectivity index (χ4n) is 13.6. The highest BCUT2D eigenvalue weighted by molar-refractivity contribution is 5.98. The minimum Gasteiger partial charge on any atom is -0.334 e. The molecule has 1 saturated carbocycles. The maximum atomic E-state index is 16.2. The number of nitrogens with one attached hydrogen (secondary N) is 1. The van der Waals surface area contributed by atoms with Gasteiger partial charge in [-0.05, 0) is 141 Å². The minimum absolute atomic E-state index is 0.000351. The molecule has 5 fully saturated rings. The number of allylic oxidation sites excluding steroid dienone is 1. The number of pyridine rings is 3. The van der Waals surface area contributed by atoms with E-state index in [1.807, 2.05) is 31.5 Å². The number of likely N-dealkylation sites (N-methyl/N-ethyl adjacent to an activating group) is 2. The maximum absolute atomic E-state index is 16.2. The Hall–Kier alpha value is -6.16. The maximum Gasteiger partial charge on any atom is 0.256 e. The number of hydrogen-bond acceptors (Lipinski definition) is 10. The number of amides is 2. The molecule has 71 heavy (non-hydrogen) atoms. The van der Waals surface area contributed by atoms with E-state index < -0.39 is 0 Å². The minimum atomic E-state index is -0.380. The van der Waals surface area contributed by atoms with Gasteiger partial charge in [-0.2, -0.15) is 0 Å². The summed E-state index contributed by atoms with van der Waals surface area (Å²) in [6.07, 6.45) is 15.2. The monoisotopic (exact) mass is 955 g/mol. The summed E-state index contributed by atoms with van der Waals surface area (Å²) in [5, 5.41) is 3.79. The Morgan fingerprint density at radius 1 is 0.732 bits per heavy atom. The third-order valence-electron chi connectivity index (χ3n) is 16.9. The van der Waals surface area contributed by atoms with Crippen LogP contribution in [-0.4, -0.2) is 130 Å². The van der Waals surface area contributed by atoms with Crippen LogP contribution in [0, 0.1) is 24.6 Å². The van der Waals surface area contributed by atoms with Crippen LogP contribution in [0.3, 0.4) is 0 Å². The largest absolute Gasteiger partial charge is 0.334 e. The van der Waals surface area contributed by atoms with Crippen LogP contribution in [0.1, 0.15) is 150 Å². The van der Waals surface area contributed by atoms with Crippen molar-refractivity contribution in [2.75, 3.05) is 46.8 Å². The number of piperazine rings is 1. The number of likely N-dealkylation sites (tertiary alicyclic amines) is 3. The van der Waals surface area contributed by atoms with Gasteiger partial charge in [0.2, 0.25) is 0 Å². The van der Waals surface area contributed by atoms with Gasteiger partial charge in [-0.1, -0.05) is 12.2 Å². The van der Waals surface area contributed by atoms with E-state index in [9.17, 15) is 9.59 Å². The zero-order valence-electron chi connectivity index (χ0n) is 41.9. The second kappa shape index (κ2) is 16.7. The molecule has 9 heterocycles. The van der Waals surface area contributed by atoms with E-state index in [0.29, 0.717) is 46.5 Å². The molecule has 14 nitrogen and oxygen atoms in total. The van der Waals surface area contributed by atoms with Crippen LogP contribution >= 0.6 is 0 Å². The van der Waals surface area contributed by atoms with E-state index in [0.717, 1.165) is 132 Å². The fourth-order valence-corrected chi connectivity index (χ4v) is 13.6. The van der Waals surface area contributed by atoms with Crippen molar-refractivity contribution in [1.82, 2.24) is 59.0 Å². The number of aryl methyl sites for hydroxylation is 1. The Bertz CT molecular complexity index is 3260. The van der Waals surface area contributed by atoms with Gasteiger partial charge in [0.05, 0.1) is 58.0 Å². The lowest BCUT2D eigenvalue weighted by molar-refractivity contribution is 0.0472. The van der Waals surface area contributed by atoms with Crippen LogP contribution in [0.2, 0.25) is 0 Å². The molecular formula is C56H63FN12O2. The Balaban J connectivity index is 0.830. The van der Waals surface area contributed by atoms with Gasteiger partial charge in [-0.25, -0.2) is 14.4 Å². The van der Waals surface area contributed by atoms with Crippen molar-refractivity contribution in [2.45, 2.75) is 115 Å². The van der Waals surface area contributed by atoms with Crippen molar-refractivity contribution in [3.8, 4) is 0 Å². The van der Waals surface area contributed by atoms with Gasteiger partial charge in [-0.3, -0.25) is 29.9 Å². The molecule has 0 radical (unpaired) electrons. The molecule has 4 bridgehead atoms. The van der Waals surface area contributed by atoms with Crippen molar-refractivity contribution in [3.05, 3.63) is 123 Å². The first-order valence-electron chi connectivity index (χ1n) is 26.0. The zero-order valence-corrected chi connectivity index (χ0v) is 41.9. The molecule has 3 aliphatic carbocycles. The Morgan fingerprint density at radius 2 is 1.45 bits per heavy atom. The van der Waals surface area contributed by atoms with E-state index >= 15 is 4.39 Å². The Kier molecular flexibility index (Phi) is 10.5. The van der Waals surface area contributed by atoms with Crippen LogP contribution < -0.4 is 5.32 Å². The number of imidazole rings is 2. The third kappa shape index (κ3) is 7.38. The molecule has 7 atom stereocenters. The Morgan fingerprint density at radius 3 is 2.21 bits per heavy atom. The average molecular weight is 955 g/mol. The first-order valence-corrected chi connectivity index (χ1v) is 26.0. The lowest BCUT2D eigenvalue weighted by Crippen LogP contribution is -2.54. The van der Waals surface area contributed by atoms with E-state index in [1.165, 1.54) is 0 Å². The number of hydrogen-bond donors (Lipinski definition) is 1. The number of benzene rings is 1. The normalized spacial score (nSPS) is 25.8. The number of halogens is 1. The summed E-state index contributed by atoms with van der Waals surface area (Å²) in [5.41, 5.74) is 11.2. The lowest BCUT2D eigenvalue weighted by atomic mass is 9.91. The standard InChI is InChI=1S/C56H63FN12O2/c1-29(2)67-31(5)62-54-45(57)17-34(18-50(54)67)40-19-47(53-43(40)15-35(21-61-53)55(70)66-25-32-10-11-64(6)28-39(66)12-32)59-24-51-63-48-23-58-46(20-49(48)68(51)30(3)4)42-14-33-13-41(33)52-44(42)16-36(22-60-52)56(71)69-37-8-9-38(69)27-65(7)26-37/h14-23,29-30,32-33,37-39,41,47,59H,8-13,24-28H2,1-7H3/t32?,33-,37?,38?,39?,41?,47+/m1/s1. The quantitative estimate of drug-likeness (QED) is 0.152. The zero-order chi connectivity index (χ0) is 48.7. The van der Waals surface area contributed by atoms with Crippen molar-refractivity contribution in [3.63, 3.8) is 0 Å². The Labute approximate surface area is 414 Å². The molecule has 15 heteroatoms. The topological polar surface area (TPSA) is 133 Å². The number of carbonyl (C=O) groups excluding carboxylic acids is 2. The predicted molar refractivity (Wildman–Crippen MR) is 271 cm³/mol. The molecule has 2 amide bonds. The molecule has 5 aromatic heterocycles. The molecule has 1 N–H and O–H groups in total. The average Bonchev–Trinajstić information content (AvgIpc) is 3.55. The molecule has 366 valence electrons. The van der Waals surface area contributed by atoms with E-state index in [1.54, 1.807) is 12.3 Å². The number of carbonyl (C=O) groups is 2. The third-order valence-corrected chi connectivity index (χ3v) is 16.9. The molecule has 6 aromatic rings. The van der Waals surface area contributed by atoms with Crippen molar-refractivity contribution < 1.29 is 14.0 Å². The molecule has 13 rings (SSSR count). The molecule has 5 unspecified atom stereocenters. The summed E-state index contributed by atoms with van der Waals surface area (Å²) in [6.45, 7) is 15.4. The summed E-state index contributed by atoms with van der Waals surface area (Å²) in [5.74, 6) is 2.60. The van der Waals surface area contributed by atoms with Crippen molar-refractivity contribution >= 4 is 45.0 Å². The van der Waals surface area contributed by atoms with Crippen molar-refractivity contribution in [1.29, 1.82) is 0 Å². The highest BCUT2D eigenvalue weighted by Gasteiger charge is 2.46. The van der Waals surface area contributed by atoms with Gasteiger partial charge < -0.3 is 28.7 Å². The molecule has 1 aromatic carbocycles. The van der Waals surface area contributed by atoms with Gasteiger partial charge in [0, 0.05) is 91.4 Å². The van der Waals surface area contributed by atoms with E-state index in [2.05, 4.69) is 105 Å². The first kappa shape index (κ1) is 44.8. The molecular weight excluding hydrogens is 892 g/mol. The SMILES string of the molecule is Cc1nc2c(F)cc(C3=C[C@H](NCc4nc5cnc(C6=C[C@H]7CC7c7ncc(C(=O)N8C9CCC8CN(C)C9)cc76)cc5n4C(C)C)c4ncc(C(=O)N5CC6CCN(C)CC5C6)cc43)cc2n1C(C)C. The summed E-state index contributed by atoms with van der Waals surface area (Å²) in [7, 11) is 4.30. The van der Waals surface area contributed by atoms with Crippen LogP contribution in [0.5, 0.6) is 0 Å². The molecule has 4 saturated heterocycles. The van der Waals surface area contributed by atoms with Crippen LogP contribution in [0.25, 0.3) is 33.2 Å². The number of aromatic nitrogens is 7. The smallest absolute Gasteiger partial charge is 0.256 e. The van der Waals surface area contributed by atoms with Crippen LogP contribution in [0.15, 0.2) is 61.1 Å². The highest BCUT2D eigenvalue weighted by Crippen LogP contribution is 2.55. The van der Waals surface area contributed by atoms with Gasteiger partial charge in [0.25, 0.3) is 11.8 Å². The molecule has 7 aliphatic rings. The van der Waals surface area contributed by atoms with Gasteiger partial charge in [0.15, 0.2) is 5.82 Å². The summed E-state index contributed by atoms with van der Waals surface area (Å²) in [6, 6.07) is 10.3. The summed E-state index contributed by atoms with van der Waals surface area (Å²) < 4.78 is 20.5. The number of nitrogens with zero attached hydrogens (tertiary/aromatic N) is 11. The second-order valence-corrected chi connectivity index (χ2v) is 22.4. The molecule has 0 spiro atoms. The second-order valence-electron chi connectivity index (χ2n) is 22.4. The van der Waals surface area contributed by atoms with Gasteiger partial charge in [-0.15, -0.1) is 0 Å². The summed E-state index contributed by atoms with van der Waals surface area (Å²) >= 11 is 0. The number of fused-ring (bicyclic) bond motifs is 10. The van der Waals surface area contributed by atoms with Crippen molar-refractivity contribution in [2.24, 2.45) is 11.8 Å². The van der Waals surface area contributed by atoms with Crippen LogP contribution in [0.4, 0.5) is 4.39 Å². The number of rotatable bonds is 9. The first-order chi connectivity index (χ1) is 34.3. The van der Waals surface area contributed by atoms with E-state index in [4.69, 9.17) is 19.9 Å². The van der Waals surface area contributed by atoms with Gasteiger partial charge >= 0.3 is 0 Å².